The van der Waals surface area contributed by atoms with Crippen molar-refractivity contribution in [1.82, 2.24) is 0 Å². The van der Waals surface area contributed by atoms with Crippen molar-refractivity contribution in [2.45, 2.75) is 69.2 Å². The van der Waals surface area contributed by atoms with E-state index in [0.29, 0.717) is 18.4 Å². The zero-order valence-corrected chi connectivity index (χ0v) is 12.2. The number of hydrogen-bond donors (Lipinski definition) is 2. The smallest absolute Gasteiger partial charge is 0.253 e. The van der Waals surface area contributed by atoms with Gasteiger partial charge < -0.3 is 19.7 Å². The van der Waals surface area contributed by atoms with Gasteiger partial charge in [0, 0.05) is 12.3 Å². The first-order chi connectivity index (χ1) is 9.09. The number of Topliss-reactive ketones (excluding diaryl/α,β-unsaturated/α-hetero) is 1. The molecule has 0 unspecified atom stereocenters. The van der Waals surface area contributed by atoms with Gasteiger partial charge >= 0.3 is 0 Å². The van der Waals surface area contributed by atoms with Gasteiger partial charge in [-0.25, -0.2) is 0 Å². The summed E-state index contributed by atoms with van der Waals surface area (Å²) in [5.74, 6) is -1.72. The SMILES string of the molecule is C=C1[C@H]2CC[C@](C)(O)[C@H](O)[C@H]2O[C@@]12OC(C)(C)CC2=O. The summed E-state index contributed by atoms with van der Waals surface area (Å²) >= 11 is 0. The quantitative estimate of drug-likeness (QED) is 0.646. The lowest BCUT2D eigenvalue weighted by molar-refractivity contribution is -0.243. The monoisotopic (exact) mass is 282 g/mol. The van der Waals surface area contributed by atoms with Gasteiger partial charge in [0.05, 0.1) is 17.3 Å². The Morgan fingerprint density at radius 2 is 2.00 bits per heavy atom. The van der Waals surface area contributed by atoms with Crippen LogP contribution in [0.2, 0.25) is 0 Å². The van der Waals surface area contributed by atoms with Gasteiger partial charge in [0.2, 0.25) is 0 Å². The van der Waals surface area contributed by atoms with Crippen molar-refractivity contribution in [2.24, 2.45) is 5.92 Å². The molecule has 3 aliphatic rings. The van der Waals surface area contributed by atoms with Crippen LogP contribution < -0.4 is 0 Å². The molecule has 20 heavy (non-hydrogen) atoms. The minimum atomic E-state index is -1.43. The molecule has 5 heteroatoms. The van der Waals surface area contributed by atoms with Gasteiger partial charge in [-0.05, 0) is 39.2 Å². The van der Waals surface area contributed by atoms with Crippen molar-refractivity contribution >= 4 is 5.78 Å². The first-order valence-electron chi connectivity index (χ1n) is 7.10. The lowest BCUT2D eigenvalue weighted by atomic mass is 9.73. The number of aliphatic hydroxyl groups is 2. The highest BCUT2D eigenvalue weighted by atomic mass is 16.7. The van der Waals surface area contributed by atoms with Gasteiger partial charge in [0.1, 0.15) is 6.10 Å². The van der Waals surface area contributed by atoms with Crippen LogP contribution in [0, 0.1) is 5.92 Å². The number of hydrogen-bond acceptors (Lipinski definition) is 5. The van der Waals surface area contributed by atoms with Crippen molar-refractivity contribution in [1.29, 1.82) is 0 Å². The molecule has 1 spiro atoms. The maximum atomic E-state index is 12.4. The molecule has 0 amide bonds. The second kappa shape index (κ2) is 3.91. The van der Waals surface area contributed by atoms with E-state index in [0.717, 1.165) is 0 Å². The normalized spacial score (nSPS) is 50.8. The molecular formula is C15H22O5. The van der Waals surface area contributed by atoms with E-state index in [4.69, 9.17) is 9.47 Å². The number of ketones is 1. The highest BCUT2D eigenvalue weighted by molar-refractivity contribution is 5.92. The van der Waals surface area contributed by atoms with Gasteiger partial charge in [0.15, 0.2) is 5.78 Å². The molecule has 2 heterocycles. The Kier molecular flexibility index (Phi) is 2.78. The summed E-state index contributed by atoms with van der Waals surface area (Å²) in [5.41, 5.74) is -1.21. The molecule has 1 saturated carbocycles. The van der Waals surface area contributed by atoms with Crippen LogP contribution in [0.3, 0.4) is 0 Å². The zero-order chi connectivity index (χ0) is 14.9. The predicted molar refractivity (Wildman–Crippen MR) is 70.9 cm³/mol. The summed E-state index contributed by atoms with van der Waals surface area (Å²) in [5, 5.41) is 20.5. The zero-order valence-electron chi connectivity index (χ0n) is 12.2. The lowest BCUT2D eigenvalue weighted by Crippen LogP contribution is -2.53. The first-order valence-corrected chi connectivity index (χ1v) is 7.10. The molecular weight excluding hydrogens is 260 g/mol. The molecule has 0 radical (unpaired) electrons. The van der Waals surface area contributed by atoms with Crippen LogP contribution >= 0.6 is 0 Å². The summed E-state index contributed by atoms with van der Waals surface area (Å²) < 4.78 is 11.7. The fourth-order valence-corrected chi connectivity index (χ4v) is 3.68. The predicted octanol–water partition coefficient (Wildman–Crippen LogP) is 0.928. The van der Waals surface area contributed by atoms with Gasteiger partial charge in [-0.1, -0.05) is 6.58 Å². The van der Waals surface area contributed by atoms with Gasteiger partial charge in [-0.3, -0.25) is 4.79 Å². The molecule has 5 nitrogen and oxygen atoms in total. The third kappa shape index (κ3) is 1.73. The van der Waals surface area contributed by atoms with E-state index in [9.17, 15) is 15.0 Å². The van der Waals surface area contributed by atoms with Gasteiger partial charge in [-0.2, -0.15) is 0 Å². The molecule has 1 aliphatic carbocycles. The summed E-state index contributed by atoms with van der Waals surface area (Å²) in [6.45, 7) is 9.27. The van der Waals surface area contributed by atoms with E-state index in [2.05, 4.69) is 6.58 Å². The second-order valence-corrected chi connectivity index (χ2v) is 7.13. The summed E-state index contributed by atoms with van der Waals surface area (Å²) in [6, 6.07) is 0. The molecule has 2 aliphatic heterocycles. The molecule has 0 aromatic rings. The maximum absolute atomic E-state index is 12.4. The third-order valence-electron chi connectivity index (χ3n) is 4.85. The van der Waals surface area contributed by atoms with Crippen LogP contribution in [0.25, 0.3) is 0 Å². The average Bonchev–Trinajstić information content (AvgIpc) is 2.71. The van der Waals surface area contributed by atoms with Crippen LogP contribution in [0.5, 0.6) is 0 Å². The summed E-state index contributed by atoms with van der Waals surface area (Å²) in [7, 11) is 0. The van der Waals surface area contributed by atoms with Crippen molar-refractivity contribution in [3.8, 4) is 0 Å². The van der Waals surface area contributed by atoms with E-state index in [1.165, 1.54) is 0 Å². The number of carbonyl (C=O) groups excluding carboxylic acids is 1. The fraction of sp³-hybridized carbons (Fsp3) is 0.800. The van der Waals surface area contributed by atoms with E-state index in [-0.39, 0.29) is 18.1 Å². The van der Waals surface area contributed by atoms with Crippen LogP contribution in [-0.4, -0.2) is 45.2 Å². The maximum Gasteiger partial charge on any atom is 0.253 e. The van der Waals surface area contributed by atoms with Crippen molar-refractivity contribution < 1.29 is 24.5 Å². The lowest BCUT2D eigenvalue weighted by Gasteiger charge is -2.40. The van der Waals surface area contributed by atoms with Crippen molar-refractivity contribution in [3.63, 3.8) is 0 Å². The Hall–Kier alpha value is -0.750. The molecule has 5 atom stereocenters. The molecule has 0 aromatic carbocycles. The first kappa shape index (κ1) is 14.2. The Labute approximate surface area is 118 Å². The van der Waals surface area contributed by atoms with Crippen LogP contribution in [0.4, 0.5) is 0 Å². The number of fused-ring (bicyclic) bond motifs is 1. The molecule has 2 N–H and O–H groups in total. The van der Waals surface area contributed by atoms with Crippen LogP contribution in [0.15, 0.2) is 12.2 Å². The number of aliphatic hydroxyl groups excluding tert-OH is 1. The minimum absolute atomic E-state index is 0.145. The average molecular weight is 282 g/mol. The number of rotatable bonds is 0. The summed E-state index contributed by atoms with van der Waals surface area (Å²) in [4.78, 5) is 12.4. The van der Waals surface area contributed by atoms with E-state index in [1.54, 1.807) is 6.92 Å². The van der Waals surface area contributed by atoms with Gasteiger partial charge in [0.25, 0.3) is 5.79 Å². The van der Waals surface area contributed by atoms with Crippen LogP contribution in [0.1, 0.15) is 40.0 Å². The third-order valence-corrected chi connectivity index (χ3v) is 4.85. The Morgan fingerprint density at radius 1 is 1.35 bits per heavy atom. The molecule has 0 bridgehead atoms. The summed E-state index contributed by atoms with van der Waals surface area (Å²) in [6.07, 6.45) is -0.336. The standard InChI is InChI=1S/C15H22O5/c1-8-9-5-6-14(4,18)12(17)11(9)19-15(8)10(16)7-13(2,3)20-15/h9,11-12,17-18H,1,5-7H2,2-4H3/t9-,11+,12-,14+,15-/m1/s1. The number of ether oxygens (including phenoxy) is 2. The van der Waals surface area contributed by atoms with E-state index in [1.807, 2.05) is 13.8 Å². The molecule has 3 fully saturated rings. The van der Waals surface area contributed by atoms with Crippen LogP contribution in [-0.2, 0) is 14.3 Å². The fourth-order valence-electron chi connectivity index (χ4n) is 3.68. The van der Waals surface area contributed by atoms with E-state index < -0.39 is 29.2 Å². The molecule has 112 valence electrons. The van der Waals surface area contributed by atoms with Crippen molar-refractivity contribution in [2.75, 3.05) is 0 Å². The Morgan fingerprint density at radius 3 is 2.55 bits per heavy atom. The highest BCUT2D eigenvalue weighted by Gasteiger charge is 2.65. The van der Waals surface area contributed by atoms with Gasteiger partial charge in [-0.15, -0.1) is 0 Å². The number of carbonyl (C=O) groups is 1. The van der Waals surface area contributed by atoms with E-state index >= 15 is 0 Å². The largest absolute Gasteiger partial charge is 0.387 e. The minimum Gasteiger partial charge on any atom is -0.387 e. The molecule has 3 rings (SSSR count). The second-order valence-electron chi connectivity index (χ2n) is 7.13. The topological polar surface area (TPSA) is 76.0 Å². The highest BCUT2D eigenvalue weighted by Crippen LogP contribution is 2.53. The Bertz CT molecular complexity index is 481. The Balaban J connectivity index is 1.96. The van der Waals surface area contributed by atoms with Crippen molar-refractivity contribution in [3.05, 3.63) is 12.2 Å². The molecule has 0 aromatic heterocycles. The molecule has 2 saturated heterocycles.